The van der Waals surface area contributed by atoms with Gasteiger partial charge in [-0.15, -0.1) is 0 Å². The standard InChI is InChI=1S/C17H17ClN4O/c1-21-15-5-3-2-4-14(15)20-17(21)22-9-7-12(11-22)23-16-6-8-19-10-13(16)18/h2-6,8,10,12H,7,9,11H2,1H3. The van der Waals surface area contributed by atoms with Crippen LogP contribution in [0.15, 0.2) is 42.7 Å². The van der Waals surface area contributed by atoms with Crippen LogP contribution in [0.1, 0.15) is 6.42 Å². The number of imidazole rings is 1. The molecule has 23 heavy (non-hydrogen) atoms. The van der Waals surface area contributed by atoms with Gasteiger partial charge in [-0.2, -0.15) is 0 Å². The van der Waals surface area contributed by atoms with Crippen molar-refractivity contribution >= 4 is 28.6 Å². The molecule has 6 heteroatoms. The number of nitrogens with zero attached hydrogens (tertiary/aromatic N) is 4. The maximum atomic E-state index is 6.12. The van der Waals surface area contributed by atoms with E-state index in [1.54, 1.807) is 18.5 Å². The molecule has 5 nitrogen and oxygen atoms in total. The number of hydrogen-bond acceptors (Lipinski definition) is 4. The zero-order valence-corrected chi connectivity index (χ0v) is 13.6. The van der Waals surface area contributed by atoms with E-state index in [0.717, 1.165) is 36.5 Å². The number of fused-ring (bicyclic) bond motifs is 1. The highest BCUT2D eigenvalue weighted by Crippen LogP contribution is 2.28. The fourth-order valence-electron chi connectivity index (χ4n) is 3.06. The lowest BCUT2D eigenvalue weighted by atomic mass is 10.3. The van der Waals surface area contributed by atoms with Gasteiger partial charge in [0.05, 0.1) is 17.6 Å². The van der Waals surface area contributed by atoms with Gasteiger partial charge in [0.25, 0.3) is 0 Å². The van der Waals surface area contributed by atoms with Gasteiger partial charge in [-0.05, 0) is 12.1 Å². The Morgan fingerprint density at radius 2 is 2.13 bits per heavy atom. The molecule has 0 aliphatic carbocycles. The Kier molecular flexibility index (Phi) is 3.58. The van der Waals surface area contributed by atoms with Crippen molar-refractivity contribution in [1.29, 1.82) is 0 Å². The van der Waals surface area contributed by atoms with E-state index in [1.165, 1.54) is 0 Å². The van der Waals surface area contributed by atoms with Crippen molar-refractivity contribution < 1.29 is 4.74 Å². The molecule has 3 heterocycles. The molecule has 0 amide bonds. The molecule has 1 fully saturated rings. The summed E-state index contributed by atoms with van der Waals surface area (Å²) < 4.78 is 8.16. The number of aryl methyl sites for hydroxylation is 1. The summed E-state index contributed by atoms with van der Waals surface area (Å²) >= 11 is 6.12. The zero-order valence-electron chi connectivity index (χ0n) is 12.8. The highest BCUT2D eigenvalue weighted by atomic mass is 35.5. The molecule has 1 aliphatic heterocycles. The van der Waals surface area contributed by atoms with Crippen LogP contribution in [0.25, 0.3) is 11.0 Å². The summed E-state index contributed by atoms with van der Waals surface area (Å²) in [5, 5.41) is 0.550. The predicted octanol–water partition coefficient (Wildman–Crippen LogP) is 3.28. The predicted molar refractivity (Wildman–Crippen MR) is 91.2 cm³/mol. The smallest absolute Gasteiger partial charge is 0.206 e. The lowest BCUT2D eigenvalue weighted by Gasteiger charge is -2.18. The van der Waals surface area contributed by atoms with E-state index in [2.05, 4.69) is 27.6 Å². The minimum Gasteiger partial charge on any atom is -0.487 e. The van der Waals surface area contributed by atoms with Gasteiger partial charge in [-0.3, -0.25) is 4.98 Å². The van der Waals surface area contributed by atoms with Crippen molar-refractivity contribution in [3.05, 3.63) is 47.7 Å². The zero-order chi connectivity index (χ0) is 15.8. The van der Waals surface area contributed by atoms with Crippen LogP contribution in [0.4, 0.5) is 5.95 Å². The number of pyridine rings is 1. The van der Waals surface area contributed by atoms with Crippen molar-refractivity contribution in [3.63, 3.8) is 0 Å². The molecule has 0 bridgehead atoms. The molecule has 1 aromatic carbocycles. The van der Waals surface area contributed by atoms with Crippen LogP contribution >= 0.6 is 11.6 Å². The van der Waals surface area contributed by atoms with Crippen molar-refractivity contribution in [2.24, 2.45) is 7.05 Å². The molecule has 1 unspecified atom stereocenters. The van der Waals surface area contributed by atoms with Crippen molar-refractivity contribution in [1.82, 2.24) is 14.5 Å². The van der Waals surface area contributed by atoms with Crippen LogP contribution in [0.2, 0.25) is 5.02 Å². The number of benzene rings is 1. The van der Waals surface area contributed by atoms with Gasteiger partial charge in [-0.25, -0.2) is 4.98 Å². The molecular formula is C17H17ClN4O. The van der Waals surface area contributed by atoms with Crippen LogP contribution in [0.3, 0.4) is 0 Å². The molecule has 4 rings (SSSR count). The molecule has 118 valence electrons. The Bertz CT molecular complexity index is 847. The van der Waals surface area contributed by atoms with Crippen molar-refractivity contribution in [2.45, 2.75) is 12.5 Å². The lowest BCUT2D eigenvalue weighted by Crippen LogP contribution is -2.26. The second-order valence-corrected chi connectivity index (χ2v) is 6.15. The van der Waals surface area contributed by atoms with Crippen LogP contribution in [0.5, 0.6) is 5.75 Å². The van der Waals surface area contributed by atoms with E-state index in [1.807, 2.05) is 18.2 Å². The van der Waals surface area contributed by atoms with Gasteiger partial charge in [-0.1, -0.05) is 23.7 Å². The van der Waals surface area contributed by atoms with Gasteiger partial charge < -0.3 is 14.2 Å². The third-order valence-corrected chi connectivity index (χ3v) is 4.50. The second-order valence-electron chi connectivity index (χ2n) is 5.74. The molecule has 1 atom stereocenters. The van der Waals surface area contributed by atoms with Gasteiger partial charge in [0.15, 0.2) is 0 Å². The molecule has 1 saturated heterocycles. The molecule has 2 aromatic heterocycles. The fraction of sp³-hybridized carbons (Fsp3) is 0.294. The number of rotatable bonds is 3. The van der Waals surface area contributed by atoms with Crippen LogP contribution in [-0.2, 0) is 7.05 Å². The number of halogens is 1. The van der Waals surface area contributed by atoms with Gasteiger partial charge >= 0.3 is 0 Å². The Hall–Kier alpha value is -2.27. The Labute approximate surface area is 139 Å². The van der Waals surface area contributed by atoms with Crippen molar-refractivity contribution in [2.75, 3.05) is 18.0 Å². The quantitative estimate of drug-likeness (QED) is 0.740. The van der Waals surface area contributed by atoms with E-state index in [9.17, 15) is 0 Å². The Morgan fingerprint density at radius 1 is 1.26 bits per heavy atom. The molecule has 1 aliphatic rings. The van der Waals surface area contributed by atoms with Gasteiger partial charge in [0.2, 0.25) is 5.95 Å². The molecule has 3 aromatic rings. The van der Waals surface area contributed by atoms with Crippen LogP contribution in [0, 0.1) is 0 Å². The third-order valence-electron chi connectivity index (χ3n) is 4.22. The molecule has 0 radical (unpaired) electrons. The number of hydrogen-bond donors (Lipinski definition) is 0. The van der Waals surface area contributed by atoms with E-state index in [0.29, 0.717) is 10.8 Å². The summed E-state index contributed by atoms with van der Waals surface area (Å²) in [6.07, 6.45) is 4.35. The third kappa shape index (κ3) is 2.61. The first-order valence-corrected chi connectivity index (χ1v) is 8.03. The lowest BCUT2D eigenvalue weighted by molar-refractivity contribution is 0.225. The summed E-state index contributed by atoms with van der Waals surface area (Å²) in [5.74, 6) is 1.68. The minimum absolute atomic E-state index is 0.106. The highest BCUT2D eigenvalue weighted by molar-refractivity contribution is 6.31. The average Bonchev–Trinajstić information content (AvgIpc) is 3.15. The first-order chi connectivity index (χ1) is 11.2. The SMILES string of the molecule is Cn1c(N2CCC(Oc3ccncc3Cl)C2)nc2ccccc21. The van der Waals surface area contributed by atoms with Crippen molar-refractivity contribution in [3.8, 4) is 5.75 Å². The average molecular weight is 329 g/mol. The normalized spacial score (nSPS) is 17.8. The van der Waals surface area contributed by atoms with Crippen LogP contribution < -0.4 is 9.64 Å². The summed E-state index contributed by atoms with van der Waals surface area (Å²) in [7, 11) is 2.05. The number of anilines is 1. The Balaban J connectivity index is 1.53. The topological polar surface area (TPSA) is 43.2 Å². The number of aromatic nitrogens is 3. The maximum absolute atomic E-state index is 6.12. The number of ether oxygens (including phenoxy) is 1. The molecule has 0 N–H and O–H groups in total. The summed E-state index contributed by atoms with van der Waals surface area (Å²) in [5.41, 5.74) is 2.16. The fourth-order valence-corrected chi connectivity index (χ4v) is 3.22. The first-order valence-electron chi connectivity index (χ1n) is 7.65. The Morgan fingerprint density at radius 3 is 2.96 bits per heavy atom. The van der Waals surface area contributed by atoms with Gasteiger partial charge in [0.1, 0.15) is 16.9 Å². The van der Waals surface area contributed by atoms with E-state index in [-0.39, 0.29) is 6.10 Å². The van der Waals surface area contributed by atoms with E-state index in [4.69, 9.17) is 21.3 Å². The van der Waals surface area contributed by atoms with Gasteiger partial charge in [0, 0.05) is 38.5 Å². The second kappa shape index (κ2) is 5.74. The first kappa shape index (κ1) is 14.3. The minimum atomic E-state index is 0.106. The monoisotopic (exact) mass is 328 g/mol. The largest absolute Gasteiger partial charge is 0.487 e. The summed E-state index contributed by atoms with van der Waals surface area (Å²) in [4.78, 5) is 11.0. The maximum Gasteiger partial charge on any atom is 0.206 e. The molecule has 0 spiro atoms. The number of para-hydroxylation sites is 2. The van der Waals surface area contributed by atoms with E-state index >= 15 is 0 Å². The van der Waals surface area contributed by atoms with Crippen LogP contribution in [-0.4, -0.2) is 33.7 Å². The molecule has 0 saturated carbocycles. The molecular weight excluding hydrogens is 312 g/mol. The summed E-state index contributed by atoms with van der Waals surface area (Å²) in [6.45, 7) is 1.72. The van der Waals surface area contributed by atoms with E-state index < -0.39 is 0 Å². The highest BCUT2D eigenvalue weighted by Gasteiger charge is 2.27. The summed E-state index contributed by atoms with van der Waals surface area (Å²) in [6, 6.07) is 9.99.